The van der Waals surface area contributed by atoms with Gasteiger partial charge in [-0.1, -0.05) is 89.8 Å². The Kier molecular flexibility index (Phi) is 14.7. The van der Waals surface area contributed by atoms with Crippen molar-refractivity contribution in [1.29, 1.82) is 0 Å². The fraction of sp³-hybridized carbons (Fsp3) is 0.700. The van der Waals surface area contributed by atoms with E-state index in [0.29, 0.717) is 0 Å². The molecule has 122 valence electrons. The average Bonchev–Trinajstić information content (AvgIpc) is 2.48. The Morgan fingerprint density at radius 3 is 1.71 bits per heavy atom. The molecule has 0 aliphatic rings. The number of aryl methyl sites for hydroxylation is 1. The van der Waals surface area contributed by atoms with Crippen molar-refractivity contribution in [3.63, 3.8) is 0 Å². The summed E-state index contributed by atoms with van der Waals surface area (Å²) >= 11 is 0. The van der Waals surface area contributed by atoms with Crippen LogP contribution in [0.2, 0.25) is 0 Å². The smallest absolute Gasteiger partial charge is 0.119 e. The molecule has 0 radical (unpaired) electrons. The molecule has 0 aliphatic carbocycles. The van der Waals surface area contributed by atoms with Crippen LogP contribution in [0.15, 0.2) is 24.3 Å². The molecule has 0 atom stereocenters. The van der Waals surface area contributed by atoms with Gasteiger partial charge in [0.2, 0.25) is 0 Å². The van der Waals surface area contributed by atoms with Gasteiger partial charge in [-0.2, -0.15) is 0 Å². The fourth-order valence-electron chi connectivity index (χ4n) is 2.06. The molecule has 1 heteroatoms. The van der Waals surface area contributed by atoms with Crippen molar-refractivity contribution in [3.05, 3.63) is 29.8 Å². The Hall–Kier alpha value is -0.980. The van der Waals surface area contributed by atoms with Crippen molar-refractivity contribution in [2.75, 3.05) is 6.61 Å². The minimum absolute atomic E-state index is 0.859. The number of benzene rings is 1. The number of unbranched alkanes of at least 4 members (excludes halogenated alkanes) is 7. The largest absolute Gasteiger partial charge is 0.494 e. The summed E-state index contributed by atoms with van der Waals surface area (Å²) in [5.41, 5.74) is 1.29. The monoisotopic (exact) mass is 292 g/mol. The molecule has 0 amide bonds. The van der Waals surface area contributed by atoms with E-state index in [2.05, 4.69) is 52.0 Å². The highest BCUT2D eigenvalue weighted by atomic mass is 16.5. The van der Waals surface area contributed by atoms with E-state index in [9.17, 15) is 0 Å². The summed E-state index contributed by atoms with van der Waals surface area (Å²) in [6.07, 6.45) is 12.1. The van der Waals surface area contributed by atoms with Crippen LogP contribution in [0.4, 0.5) is 0 Å². The number of hydrogen-bond donors (Lipinski definition) is 0. The SMILES string of the molecule is CCC.CCCCCCCCCCOc1ccc(C)cc1. The van der Waals surface area contributed by atoms with Gasteiger partial charge in [-0.15, -0.1) is 0 Å². The molecule has 0 unspecified atom stereocenters. The summed E-state index contributed by atoms with van der Waals surface area (Å²) in [4.78, 5) is 0. The molecule has 0 fully saturated rings. The first-order valence-electron chi connectivity index (χ1n) is 8.94. The lowest BCUT2D eigenvalue weighted by atomic mass is 10.1. The Morgan fingerprint density at radius 1 is 0.714 bits per heavy atom. The molecular formula is C20H36O. The Balaban J connectivity index is 0.00000122. The second-order valence-corrected chi connectivity index (χ2v) is 5.84. The molecule has 1 aromatic rings. The van der Waals surface area contributed by atoms with E-state index in [1.807, 2.05) is 0 Å². The molecule has 1 aromatic carbocycles. The summed E-state index contributed by atoms with van der Waals surface area (Å²) in [5, 5.41) is 0. The first-order chi connectivity index (χ1) is 10.2. The average molecular weight is 293 g/mol. The van der Waals surface area contributed by atoms with Crippen molar-refractivity contribution in [1.82, 2.24) is 0 Å². The third kappa shape index (κ3) is 13.7. The van der Waals surface area contributed by atoms with Crippen LogP contribution in [0, 0.1) is 6.92 Å². The summed E-state index contributed by atoms with van der Waals surface area (Å²) in [6, 6.07) is 8.31. The molecule has 0 N–H and O–H groups in total. The lowest BCUT2D eigenvalue weighted by Gasteiger charge is -2.06. The number of ether oxygens (including phenoxy) is 1. The summed E-state index contributed by atoms with van der Waals surface area (Å²) in [6.45, 7) is 9.47. The van der Waals surface area contributed by atoms with Gasteiger partial charge in [0.05, 0.1) is 6.61 Å². The second kappa shape index (κ2) is 15.4. The Bertz CT molecular complexity index is 302. The fourth-order valence-corrected chi connectivity index (χ4v) is 2.06. The molecule has 21 heavy (non-hydrogen) atoms. The van der Waals surface area contributed by atoms with E-state index in [0.717, 1.165) is 12.4 Å². The van der Waals surface area contributed by atoms with Crippen molar-refractivity contribution < 1.29 is 4.74 Å². The topological polar surface area (TPSA) is 9.23 Å². The normalized spacial score (nSPS) is 9.90. The lowest BCUT2D eigenvalue weighted by Crippen LogP contribution is -1.97. The molecular weight excluding hydrogens is 256 g/mol. The Labute approximate surface area is 133 Å². The van der Waals surface area contributed by atoms with Gasteiger partial charge >= 0.3 is 0 Å². The first-order valence-corrected chi connectivity index (χ1v) is 8.94. The zero-order chi connectivity index (χ0) is 15.8. The van der Waals surface area contributed by atoms with E-state index in [-0.39, 0.29) is 0 Å². The maximum atomic E-state index is 5.71. The van der Waals surface area contributed by atoms with Gasteiger partial charge in [0.1, 0.15) is 5.75 Å². The van der Waals surface area contributed by atoms with Gasteiger partial charge in [-0.05, 0) is 25.5 Å². The molecule has 0 aromatic heterocycles. The van der Waals surface area contributed by atoms with E-state index in [4.69, 9.17) is 4.74 Å². The predicted molar refractivity (Wildman–Crippen MR) is 95.2 cm³/mol. The molecule has 1 rings (SSSR count). The molecule has 1 nitrogen and oxygen atoms in total. The van der Waals surface area contributed by atoms with Crippen LogP contribution in [-0.2, 0) is 0 Å². The summed E-state index contributed by atoms with van der Waals surface area (Å²) in [5.74, 6) is 1.00. The second-order valence-electron chi connectivity index (χ2n) is 5.84. The lowest BCUT2D eigenvalue weighted by molar-refractivity contribution is 0.304. The van der Waals surface area contributed by atoms with Gasteiger partial charge in [-0.3, -0.25) is 0 Å². The van der Waals surface area contributed by atoms with E-state index in [1.165, 1.54) is 63.4 Å². The van der Waals surface area contributed by atoms with E-state index >= 15 is 0 Å². The van der Waals surface area contributed by atoms with E-state index < -0.39 is 0 Å². The van der Waals surface area contributed by atoms with Gasteiger partial charge in [0.15, 0.2) is 0 Å². The van der Waals surface area contributed by atoms with E-state index in [1.54, 1.807) is 0 Å². The van der Waals surface area contributed by atoms with Gasteiger partial charge in [-0.25, -0.2) is 0 Å². The van der Waals surface area contributed by atoms with Crippen LogP contribution in [0.25, 0.3) is 0 Å². The van der Waals surface area contributed by atoms with Crippen LogP contribution < -0.4 is 4.74 Å². The molecule has 0 saturated heterocycles. The minimum Gasteiger partial charge on any atom is -0.494 e. The van der Waals surface area contributed by atoms with Crippen LogP contribution in [0.5, 0.6) is 5.75 Å². The summed E-state index contributed by atoms with van der Waals surface area (Å²) < 4.78 is 5.71. The molecule has 0 heterocycles. The third-order valence-corrected chi connectivity index (χ3v) is 3.29. The number of rotatable bonds is 10. The van der Waals surface area contributed by atoms with Crippen LogP contribution in [0.3, 0.4) is 0 Å². The maximum absolute atomic E-state index is 5.71. The van der Waals surface area contributed by atoms with Crippen molar-refractivity contribution in [2.24, 2.45) is 0 Å². The quantitative estimate of drug-likeness (QED) is 0.425. The predicted octanol–water partition coefficient (Wildman–Crippen LogP) is 6.93. The molecule has 0 aliphatic heterocycles. The molecule has 0 spiro atoms. The van der Waals surface area contributed by atoms with Crippen LogP contribution in [-0.4, -0.2) is 6.61 Å². The number of hydrogen-bond acceptors (Lipinski definition) is 1. The molecule has 0 saturated carbocycles. The summed E-state index contributed by atoms with van der Waals surface area (Å²) in [7, 11) is 0. The van der Waals surface area contributed by atoms with Crippen molar-refractivity contribution >= 4 is 0 Å². The highest BCUT2D eigenvalue weighted by Crippen LogP contribution is 2.13. The van der Waals surface area contributed by atoms with Crippen molar-refractivity contribution in [3.8, 4) is 5.75 Å². The zero-order valence-corrected chi connectivity index (χ0v) is 14.8. The van der Waals surface area contributed by atoms with Crippen molar-refractivity contribution in [2.45, 2.75) is 85.5 Å². The van der Waals surface area contributed by atoms with Crippen LogP contribution >= 0.6 is 0 Å². The standard InChI is InChI=1S/C17H28O.C3H8/c1-3-4-5-6-7-8-9-10-15-18-17-13-11-16(2)12-14-17;1-3-2/h11-14H,3-10,15H2,1-2H3;3H2,1-2H3. The van der Waals surface area contributed by atoms with Gasteiger partial charge < -0.3 is 4.74 Å². The Morgan fingerprint density at radius 2 is 1.19 bits per heavy atom. The zero-order valence-electron chi connectivity index (χ0n) is 14.8. The third-order valence-electron chi connectivity index (χ3n) is 3.29. The maximum Gasteiger partial charge on any atom is 0.119 e. The van der Waals surface area contributed by atoms with Gasteiger partial charge in [0, 0.05) is 0 Å². The van der Waals surface area contributed by atoms with Crippen LogP contribution in [0.1, 0.15) is 84.1 Å². The molecule has 0 bridgehead atoms. The first kappa shape index (κ1) is 20.0. The highest BCUT2D eigenvalue weighted by molar-refractivity contribution is 5.26. The minimum atomic E-state index is 0.859. The van der Waals surface area contributed by atoms with Gasteiger partial charge in [0.25, 0.3) is 0 Å². The highest BCUT2D eigenvalue weighted by Gasteiger charge is 1.94.